The molecule has 0 aliphatic rings. The van der Waals surface area contributed by atoms with E-state index in [0.717, 1.165) is 5.06 Å². The Labute approximate surface area is 206 Å². The number of alkyl carbamates (subject to hydrolysis) is 1. The second-order valence-electron chi connectivity index (χ2n) is 9.61. The summed E-state index contributed by atoms with van der Waals surface area (Å²) in [7, 11) is 2.48. The van der Waals surface area contributed by atoms with Crippen LogP contribution in [-0.4, -0.2) is 66.1 Å². The summed E-state index contributed by atoms with van der Waals surface area (Å²) in [6.07, 6.45) is 2.26. The molecule has 0 fully saturated rings. The predicted octanol–water partition coefficient (Wildman–Crippen LogP) is 4.12. The third kappa shape index (κ3) is 9.38. The van der Waals surface area contributed by atoms with Crippen molar-refractivity contribution in [2.24, 2.45) is 0 Å². The highest BCUT2D eigenvalue weighted by Crippen LogP contribution is 2.26. The van der Waals surface area contributed by atoms with Gasteiger partial charge in [0.05, 0.1) is 19.8 Å². The van der Waals surface area contributed by atoms with Gasteiger partial charge in [0.1, 0.15) is 11.1 Å². The number of hydrogen-bond donors (Lipinski definition) is 1. The molecule has 0 saturated carbocycles. The van der Waals surface area contributed by atoms with Crippen molar-refractivity contribution >= 4 is 35.7 Å². The largest absolute Gasteiger partial charge is 0.467 e. The molecule has 1 atom stereocenters. The first-order valence-electron chi connectivity index (χ1n) is 10.8. The molecule has 1 rings (SSSR count). The fraction of sp³-hybridized carbons (Fsp3) is 0.652. The van der Waals surface area contributed by atoms with Crippen LogP contribution in [0.15, 0.2) is 18.3 Å². The van der Waals surface area contributed by atoms with Crippen LogP contribution < -0.4 is 10.4 Å². The summed E-state index contributed by atoms with van der Waals surface area (Å²) in [6, 6.07) is 3.29. The van der Waals surface area contributed by atoms with E-state index in [2.05, 4.69) is 10.3 Å². The van der Waals surface area contributed by atoms with Crippen LogP contribution in [0.1, 0.15) is 53.5 Å². The van der Waals surface area contributed by atoms with Gasteiger partial charge in [0, 0.05) is 12.6 Å². The van der Waals surface area contributed by atoms with Crippen LogP contribution in [0.4, 0.5) is 15.4 Å². The Morgan fingerprint density at radius 1 is 1.06 bits per heavy atom. The molecule has 1 aromatic rings. The standard InChI is InChI=1S/C23H37N3O7S/c1-21(2,3)32-20(29)26(33-22(4,5)6)17-14-16(10-12-24-17)15-23(11-13-34-9,18(27)30-7)25-19(28)31-8/h10,12,14H,11,13,15H2,1-9H3,(H,25,28). The Hall–Kier alpha value is -2.53. The third-order valence-electron chi connectivity index (χ3n) is 4.28. The Bertz CT molecular complexity index is 852. The molecule has 1 aromatic heterocycles. The molecule has 2 amide bonds. The summed E-state index contributed by atoms with van der Waals surface area (Å²) in [5.41, 5.74) is -2.25. The van der Waals surface area contributed by atoms with Crippen LogP contribution in [0.5, 0.6) is 0 Å². The fourth-order valence-electron chi connectivity index (χ4n) is 2.92. The molecule has 192 valence electrons. The normalized spacial score (nSPS) is 13.4. The monoisotopic (exact) mass is 499 g/mol. The van der Waals surface area contributed by atoms with Gasteiger partial charge in [0.25, 0.3) is 0 Å². The van der Waals surface area contributed by atoms with E-state index in [0.29, 0.717) is 17.7 Å². The van der Waals surface area contributed by atoms with Crippen LogP contribution in [0.25, 0.3) is 0 Å². The Morgan fingerprint density at radius 2 is 1.71 bits per heavy atom. The van der Waals surface area contributed by atoms with Crippen molar-refractivity contribution in [2.75, 3.05) is 31.3 Å². The Balaban J connectivity index is 3.44. The van der Waals surface area contributed by atoms with Gasteiger partial charge in [-0.15, -0.1) is 5.06 Å². The summed E-state index contributed by atoms with van der Waals surface area (Å²) >= 11 is 1.52. The number of aromatic nitrogens is 1. The SMILES string of the molecule is COC(=O)NC(CCSC)(Cc1ccnc(N(OC(C)(C)C)C(=O)OC(C)(C)C)c1)C(=O)OC. The molecular weight excluding hydrogens is 462 g/mol. The van der Waals surface area contributed by atoms with Crippen LogP contribution in [-0.2, 0) is 30.3 Å². The van der Waals surface area contributed by atoms with Crippen LogP contribution in [0.2, 0.25) is 0 Å². The maximum absolute atomic E-state index is 12.9. The number of ether oxygens (including phenoxy) is 3. The number of nitrogens with zero attached hydrogens (tertiary/aromatic N) is 2. The van der Waals surface area contributed by atoms with E-state index in [9.17, 15) is 14.4 Å². The molecule has 0 spiro atoms. The van der Waals surface area contributed by atoms with E-state index in [-0.39, 0.29) is 12.2 Å². The summed E-state index contributed by atoms with van der Waals surface area (Å²) in [5, 5.41) is 3.64. The van der Waals surface area contributed by atoms with E-state index >= 15 is 0 Å². The van der Waals surface area contributed by atoms with E-state index < -0.39 is 34.9 Å². The van der Waals surface area contributed by atoms with Crippen LogP contribution in [0.3, 0.4) is 0 Å². The van der Waals surface area contributed by atoms with Gasteiger partial charge in [-0.2, -0.15) is 11.8 Å². The van der Waals surface area contributed by atoms with Crippen molar-refractivity contribution < 1.29 is 33.4 Å². The third-order valence-corrected chi connectivity index (χ3v) is 4.90. The van der Waals surface area contributed by atoms with Gasteiger partial charge >= 0.3 is 18.2 Å². The maximum Gasteiger partial charge on any atom is 0.440 e. The highest BCUT2D eigenvalue weighted by atomic mass is 32.2. The van der Waals surface area contributed by atoms with Gasteiger partial charge in [-0.1, -0.05) is 0 Å². The first-order valence-corrected chi connectivity index (χ1v) is 12.2. The molecule has 1 N–H and O–H groups in total. The van der Waals surface area contributed by atoms with Gasteiger partial charge in [-0.3, -0.25) is 4.84 Å². The van der Waals surface area contributed by atoms with Gasteiger partial charge in [-0.05, 0) is 77.7 Å². The van der Waals surface area contributed by atoms with Gasteiger partial charge in [-0.25, -0.2) is 19.4 Å². The van der Waals surface area contributed by atoms with Crippen molar-refractivity contribution in [3.05, 3.63) is 23.9 Å². The molecule has 0 bridgehead atoms. The molecule has 34 heavy (non-hydrogen) atoms. The number of pyridine rings is 1. The lowest BCUT2D eigenvalue weighted by Crippen LogP contribution is -2.57. The van der Waals surface area contributed by atoms with Crippen molar-refractivity contribution in [3.8, 4) is 0 Å². The zero-order valence-electron chi connectivity index (χ0n) is 21.5. The second-order valence-corrected chi connectivity index (χ2v) is 10.6. The molecule has 0 radical (unpaired) electrons. The number of thioether (sulfide) groups is 1. The van der Waals surface area contributed by atoms with E-state index in [1.807, 2.05) is 6.26 Å². The number of carbonyl (C=O) groups is 3. The zero-order valence-corrected chi connectivity index (χ0v) is 22.3. The molecule has 10 nitrogen and oxygen atoms in total. The minimum atomic E-state index is -1.38. The lowest BCUT2D eigenvalue weighted by Gasteiger charge is -2.32. The van der Waals surface area contributed by atoms with Crippen molar-refractivity contribution in [1.29, 1.82) is 0 Å². The lowest BCUT2D eigenvalue weighted by atomic mass is 9.88. The lowest BCUT2D eigenvalue weighted by molar-refractivity contribution is -0.148. The average molecular weight is 500 g/mol. The molecule has 1 heterocycles. The first kappa shape index (κ1) is 29.5. The molecule has 0 aliphatic heterocycles. The van der Waals surface area contributed by atoms with Crippen molar-refractivity contribution in [1.82, 2.24) is 10.3 Å². The molecule has 0 saturated heterocycles. The minimum absolute atomic E-state index is 0.0720. The van der Waals surface area contributed by atoms with Crippen molar-refractivity contribution in [3.63, 3.8) is 0 Å². The van der Waals surface area contributed by atoms with Gasteiger partial charge < -0.3 is 19.5 Å². The number of carbonyl (C=O) groups excluding carboxylic acids is 3. The number of anilines is 1. The summed E-state index contributed by atoms with van der Waals surface area (Å²) in [4.78, 5) is 48.0. The molecule has 0 aromatic carbocycles. The maximum atomic E-state index is 12.9. The second kappa shape index (κ2) is 12.3. The summed E-state index contributed by atoms with van der Waals surface area (Å²) < 4.78 is 15.3. The minimum Gasteiger partial charge on any atom is -0.467 e. The summed E-state index contributed by atoms with van der Waals surface area (Å²) in [6.45, 7) is 10.6. The average Bonchev–Trinajstić information content (AvgIpc) is 2.73. The highest BCUT2D eigenvalue weighted by Gasteiger charge is 2.41. The first-order chi connectivity index (χ1) is 15.7. The molecular formula is C23H37N3O7S. The number of rotatable bonds is 9. The quantitative estimate of drug-likeness (QED) is 0.304. The van der Waals surface area contributed by atoms with Crippen LogP contribution in [0, 0.1) is 0 Å². The highest BCUT2D eigenvalue weighted by molar-refractivity contribution is 7.98. The van der Waals surface area contributed by atoms with E-state index in [1.165, 1.54) is 32.2 Å². The van der Waals surface area contributed by atoms with Crippen LogP contribution >= 0.6 is 11.8 Å². The number of esters is 1. The number of hydroxylamine groups is 1. The topological polar surface area (TPSA) is 116 Å². The number of nitrogens with one attached hydrogen (secondary N) is 1. The fourth-order valence-corrected chi connectivity index (χ4v) is 3.48. The zero-order chi connectivity index (χ0) is 26.2. The predicted molar refractivity (Wildman–Crippen MR) is 131 cm³/mol. The summed E-state index contributed by atoms with van der Waals surface area (Å²) in [5.74, 6) is 0.136. The van der Waals surface area contributed by atoms with E-state index in [4.69, 9.17) is 19.0 Å². The smallest absolute Gasteiger partial charge is 0.440 e. The Kier molecular flexibility index (Phi) is 10.6. The van der Waals surface area contributed by atoms with Gasteiger partial charge in [0.15, 0.2) is 5.82 Å². The Morgan fingerprint density at radius 3 is 2.21 bits per heavy atom. The molecule has 11 heteroatoms. The number of hydrogen-bond acceptors (Lipinski definition) is 9. The van der Waals surface area contributed by atoms with Gasteiger partial charge in [0.2, 0.25) is 0 Å². The molecule has 1 unspecified atom stereocenters. The van der Waals surface area contributed by atoms with E-state index in [1.54, 1.807) is 53.7 Å². The van der Waals surface area contributed by atoms with Crippen molar-refractivity contribution in [2.45, 2.75) is 71.1 Å². The number of methoxy groups -OCH3 is 2. The molecule has 0 aliphatic carbocycles. The number of amides is 2.